The Morgan fingerprint density at radius 2 is 1.65 bits per heavy atom. The van der Waals surface area contributed by atoms with Crippen LogP contribution in [0.3, 0.4) is 0 Å². The number of ether oxygens (including phenoxy) is 1. The van der Waals surface area contributed by atoms with Gasteiger partial charge in [0.1, 0.15) is 5.75 Å². The molecule has 0 heterocycles. The summed E-state index contributed by atoms with van der Waals surface area (Å²) in [5, 5.41) is 5.60. The maximum atomic E-state index is 12.4. The van der Waals surface area contributed by atoms with Crippen molar-refractivity contribution >= 4 is 38.9 Å². The lowest BCUT2D eigenvalue weighted by atomic mass is 10.2. The highest BCUT2D eigenvalue weighted by atomic mass is 32.2. The monoisotopic (exact) mass is 463 g/mol. The second kappa shape index (κ2) is 11.8. The molecule has 7 nitrogen and oxygen atoms in total. The molecule has 0 fully saturated rings. The van der Waals surface area contributed by atoms with Gasteiger partial charge in [0.2, 0.25) is 10.0 Å². The van der Waals surface area contributed by atoms with Crippen LogP contribution in [-0.2, 0) is 10.0 Å². The van der Waals surface area contributed by atoms with E-state index in [4.69, 9.17) is 17.0 Å². The largest absolute Gasteiger partial charge is 0.494 e. The standard InChI is InChI=1S/C22H29N3O4S2/c1-4-5-6-7-16-29-19-12-8-17(9-13-19)21(26)24-22(30)23-18-10-14-20(15-11-18)31(27,28)25(2)3/h8-15H,4-7,16H2,1-3H3,(H2,23,24,26,30). The maximum Gasteiger partial charge on any atom is 0.257 e. The lowest BCUT2D eigenvalue weighted by molar-refractivity contribution is 0.0977. The molecule has 168 valence electrons. The van der Waals surface area contributed by atoms with Crippen LogP contribution < -0.4 is 15.4 Å². The van der Waals surface area contributed by atoms with Crippen molar-refractivity contribution in [2.45, 2.75) is 37.5 Å². The zero-order valence-corrected chi connectivity index (χ0v) is 19.7. The van der Waals surface area contributed by atoms with E-state index in [0.717, 1.165) is 22.9 Å². The number of amides is 1. The molecule has 0 saturated heterocycles. The van der Waals surface area contributed by atoms with Gasteiger partial charge in [-0.15, -0.1) is 0 Å². The summed E-state index contributed by atoms with van der Waals surface area (Å²) in [6, 6.07) is 13.0. The molecule has 2 aromatic rings. The van der Waals surface area contributed by atoms with Crippen molar-refractivity contribution in [1.29, 1.82) is 0 Å². The highest BCUT2D eigenvalue weighted by Crippen LogP contribution is 2.17. The first-order chi connectivity index (χ1) is 14.7. The fraction of sp³-hybridized carbons (Fsp3) is 0.364. The van der Waals surface area contributed by atoms with E-state index in [9.17, 15) is 13.2 Å². The van der Waals surface area contributed by atoms with Crippen molar-refractivity contribution in [3.05, 3.63) is 54.1 Å². The number of anilines is 1. The van der Waals surface area contributed by atoms with E-state index in [0.29, 0.717) is 17.9 Å². The number of rotatable bonds is 10. The SMILES string of the molecule is CCCCCCOc1ccc(C(=O)NC(=S)Nc2ccc(S(=O)(=O)N(C)C)cc2)cc1. The third-order valence-electron chi connectivity index (χ3n) is 4.50. The molecular weight excluding hydrogens is 434 g/mol. The maximum absolute atomic E-state index is 12.4. The summed E-state index contributed by atoms with van der Waals surface area (Å²) < 4.78 is 31.0. The highest BCUT2D eigenvalue weighted by molar-refractivity contribution is 7.89. The van der Waals surface area contributed by atoms with Gasteiger partial charge in [0.25, 0.3) is 5.91 Å². The van der Waals surface area contributed by atoms with Gasteiger partial charge in [0.15, 0.2) is 5.11 Å². The van der Waals surface area contributed by atoms with Crippen LogP contribution in [0.25, 0.3) is 0 Å². The molecule has 0 radical (unpaired) electrons. The van der Waals surface area contributed by atoms with E-state index < -0.39 is 10.0 Å². The number of thiocarbonyl (C=S) groups is 1. The number of hydrogen-bond donors (Lipinski definition) is 2. The summed E-state index contributed by atoms with van der Waals surface area (Å²) >= 11 is 5.18. The summed E-state index contributed by atoms with van der Waals surface area (Å²) in [7, 11) is -0.557. The number of nitrogens with one attached hydrogen (secondary N) is 2. The van der Waals surface area contributed by atoms with Gasteiger partial charge in [-0.1, -0.05) is 26.2 Å². The zero-order chi connectivity index (χ0) is 22.9. The number of carbonyl (C=O) groups is 1. The van der Waals surface area contributed by atoms with Crippen LogP contribution >= 0.6 is 12.2 Å². The Morgan fingerprint density at radius 1 is 1.00 bits per heavy atom. The molecule has 0 atom stereocenters. The molecule has 2 aromatic carbocycles. The van der Waals surface area contributed by atoms with Gasteiger partial charge in [-0.25, -0.2) is 12.7 Å². The van der Waals surface area contributed by atoms with E-state index in [1.165, 1.54) is 39.1 Å². The summed E-state index contributed by atoms with van der Waals surface area (Å²) in [6.45, 7) is 2.83. The summed E-state index contributed by atoms with van der Waals surface area (Å²) in [4.78, 5) is 12.6. The average molecular weight is 464 g/mol. The van der Waals surface area contributed by atoms with E-state index in [-0.39, 0.29) is 15.9 Å². The number of sulfonamides is 1. The van der Waals surface area contributed by atoms with E-state index in [2.05, 4.69) is 17.6 Å². The van der Waals surface area contributed by atoms with Crippen molar-refractivity contribution < 1.29 is 17.9 Å². The number of unbranched alkanes of at least 4 members (excludes halogenated alkanes) is 3. The van der Waals surface area contributed by atoms with Crippen LogP contribution in [0.5, 0.6) is 5.75 Å². The van der Waals surface area contributed by atoms with Gasteiger partial charge in [-0.05, 0) is 67.2 Å². The van der Waals surface area contributed by atoms with Crippen molar-refractivity contribution in [3.63, 3.8) is 0 Å². The number of carbonyl (C=O) groups excluding carboxylic acids is 1. The molecule has 0 unspecified atom stereocenters. The van der Waals surface area contributed by atoms with Crippen LogP contribution in [0.1, 0.15) is 43.0 Å². The normalized spacial score (nSPS) is 11.2. The Kier molecular flexibility index (Phi) is 9.42. The van der Waals surface area contributed by atoms with Crippen LogP contribution in [0, 0.1) is 0 Å². The molecule has 0 aliphatic heterocycles. The molecule has 1 amide bonds. The van der Waals surface area contributed by atoms with Gasteiger partial charge in [-0.3, -0.25) is 10.1 Å². The van der Waals surface area contributed by atoms with Crippen molar-refractivity contribution in [1.82, 2.24) is 9.62 Å². The molecular formula is C22H29N3O4S2. The average Bonchev–Trinajstić information content (AvgIpc) is 2.74. The smallest absolute Gasteiger partial charge is 0.257 e. The van der Waals surface area contributed by atoms with Crippen LogP contribution in [-0.4, -0.2) is 44.4 Å². The molecule has 31 heavy (non-hydrogen) atoms. The number of nitrogens with zero attached hydrogens (tertiary/aromatic N) is 1. The molecule has 2 rings (SSSR count). The molecule has 2 N–H and O–H groups in total. The quantitative estimate of drug-likeness (QED) is 0.409. The molecule has 0 aromatic heterocycles. The minimum absolute atomic E-state index is 0.115. The minimum atomic E-state index is -3.50. The third kappa shape index (κ3) is 7.61. The third-order valence-corrected chi connectivity index (χ3v) is 6.53. The van der Waals surface area contributed by atoms with Gasteiger partial charge in [0, 0.05) is 25.3 Å². The minimum Gasteiger partial charge on any atom is -0.494 e. The molecule has 0 spiro atoms. The first-order valence-corrected chi connectivity index (χ1v) is 12.0. The Morgan fingerprint density at radius 3 is 2.23 bits per heavy atom. The first kappa shape index (κ1) is 24.8. The van der Waals surface area contributed by atoms with Crippen LogP contribution in [0.2, 0.25) is 0 Å². The fourth-order valence-electron chi connectivity index (χ4n) is 2.68. The first-order valence-electron chi connectivity index (χ1n) is 10.1. The topological polar surface area (TPSA) is 87.7 Å². The van der Waals surface area contributed by atoms with Crippen molar-refractivity contribution in [2.75, 3.05) is 26.0 Å². The predicted molar refractivity (Wildman–Crippen MR) is 127 cm³/mol. The molecule has 0 bridgehead atoms. The number of hydrogen-bond acceptors (Lipinski definition) is 5. The zero-order valence-electron chi connectivity index (χ0n) is 18.1. The molecule has 0 aliphatic rings. The summed E-state index contributed by atoms with van der Waals surface area (Å²) in [5.41, 5.74) is 1.02. The van der Waals surface area contributed by atoms with Gasteiger partial charge < -0.3 is 10.1 Å². The second-order valence-electron chi connectivity index (χ2n) is 7.15. The lowest BCUT2D eigenvalue weighted by Crippen LogP contribution is -2.34. The van der Waals surface area contributed by atoms with Gasteiger partial charge in [-0.2, -0.15) is 0 Å². The van der Waals surface area contributed by atoms with Crippen molar-refractivity contribution in [3.8, 4) is 5.75 Å². The number of benzene rings is 2. The predicted octanol–water partition coefficient (Wildman–Crippen LogP) is 4.02. The Bertz CT molecular complexity index is 973. The lowest BCUT2D eigenvalue weighted by Gasteiger charge is -2.13. The summed E-state index contributed by atoms with van der Waals surface area (Å²) in [6.07, 6.45) is 4.55. The Hall–Kier alpha value is -2.49. The fourth-order valence-corrected chi connectivity index (χ4v) is 3.79. The Balaban J connectivity index is 1.86. The molecule has 0 aliphatic carbocycles. The van der Waals surface area contributed by atoms with Crippen LogP contribution in [0.15, 0.2) is 53.4 Å². The van der Waals surface area contributed by atoms with Crippen molar-refractivity contribution in [2.24, 2.45) is 0 Å². The Labute approximate surface area is 189 Å². The molecule has 9 heteroatoms. The van der Waals surface area contributed by atoms with Gasteiger partial charge in [0.05, 0.1) is 11.5 Å². The molecule has 0 saturated carbocycles. The summed E-state index contributed by atoms with van der Waals surface area (Å²) in [5.74, 6) is 0.375. The van der Waals surface area contributed by atoms with E-state index in [1.54, 1.807) is 36.4 Å². The highest BCUT2D eigenvalue weighted by Gasteiger charge is 2.16. The van der Waals surface area contributed by atoms with E-state index >= 15 is 0 Å². The van der Waals surface area contributed by atoms with Crippen LogP contribution in [0.4, 0.5) is 5.69 Å². The van der Waals surface area contributed by atoms with Gasteiger partial charge >= 0.3 is 0 Å². The second-order valence-corrected chi connectivity index (χ2v) is 9.71. The van der Waals surface area contributed by atoms with E-state index in [1.807, 2.05) is 0 Å².